The third-order valence-electron chi connectivity index (χ3n) is 3.83. The molecule has 0 unspecified atom stereocenters. The quantitative estimate of drug-likeness (QED) is 0.784. The minimum absolute atomic E-state index is 0.202. The van der Waals surface area contributed by atoms with Crippen LogP contribution in [-0.2, 0) is 11.2 Å². The average Bonchev–Trinajstić information content (AvgIpc) is 2.89. The van der Waals surface area contributed by atoms with Gasteiger partial charge in [-0.1, -0.05) is 6.07 Å². The van der Waals surface area contributed by atoms with Crippen molar-refractivity contribution in [1.29, 1.82) is 0 Å². The number of pyridine rings is 1. The molecule has 0 N–H and O–H groups in total. The maximum absolute atomic E-state index is 5.65. The Morgan fingerprint density at radius 1 is 1.26 bits per heavy atom. The lowest BCUT2D eigenvalue weighted by Gasteiger charge is -2.26. The van der Waals surface area contributed by atoms with E-state index < -0.39 is 0 Å². The molecule has 0 bridgehead atoms. The fourth-order valence-corrected chi connectivity index (χ4v) is 2.59. The summed E-state index contributed by atoms with van der Waals surface area (Å²) in [5.74, 6) is 0.719. The summed E-state index contributed by atoms with van der Waals surface area (Å²) < 4.78 is 10.7. The molecule has 4 nitrogen and oxygen atoms in total. The highest BCUT2D eigenvalue weighted by atomic mass is 16.6. The lowest BCUT2D eigenvalue weighted by molar-refractivity contribution is -0.0813. The molecule has 1 aromatic rings. The molecule has 1 aromatic heterocycles. The Morgan fingerprint density at radius 2 is 2.11 bits per heavy atom. The molecule has 2 fully saturated rings. The molecule has 0 aliphatic carbocycles. The Hall–Kier alpha value is -1.13. The van der Waals surface area contributed by atoms with Gasteiger partial charge in [0.15, 0.2) is 0 Å². The van der Waals surface area contributed by atoms with Crippen LogP contribution in [0.5, 0.6) is 5.88 Å². The average molecular weight is 262 g/mol. The summed E-state index contributed by atoms with van der Waals surface area (Å²) in [4.78, 5) is 6.92. The van der Waals surface area contributed by atoms with E-state index >= 15 is 0 Å². The molecule has 0 atom stereocenters. The van der Waals surface area contributed by atoms with E-state index in [0.29, 0.717) is 13.2 Å². The third-order valence-corrected chi connectivity index (χ3v) is 3.83. The van der Waals surface area contributed by atoms with Crippen LogP contribution in [0.1, 0.15) is 24.8 Å². The van der Waals surface area contributed by atoms with E-state index in [1.807, 2.05) is 12.3 Å². The van der Waals surface area contributed by atoms with Crippen molar-refractivity contribution < 1.29 is 9.47 Å². The van der Waals surface area contributed by atoms with Gasteiger partial charge in [-0.25, -0.2) is 4.98 Å². The number of nitrogens with zero attached hydrogens (tertiary/aromatic N) is 2. The van der Waals surface area contributed by atoms with E-state index in [-0.39, 0.29) is 6.10 Å². The SMILES string of the molecule is c1cc(OC2COC2)ncc1CCCN1CCCC1. The normalized spacial score (nSPS) is 20.4. The van der Waals surface area contributed by atoms with Crippen molar-refractivity contribution in [1.82, 2.24) is 9.88 Å². The Labute approximate surface area is 114 Å². The van der Waals surface area contributed by atoms with Crippen LogP contribution in [-0.4, -0.2) is 48.8 Å². The molecular formula is C15H22N2O2. The van der Waals surface area contributed by atoms with Gasteiger partial charge in [-0.15, -0.1) is 0 Å². The number of likely N-dealkylation sites (tertiary alicyclic amines) is 1. The van der Waals surface area contributed by atoms with Crippen molar-refractivity contribution in [2.75, 3.05) is 32.8 Å². The van der Waals surface area contributed by atoms with Gasteiger partial charge >= 0.3 is 0 Å². The highest BCUT2D eigenvalue weighted by Gasteiger charge is 2.20. The van der Waals surface area contributed by atoms with Crippen LogP contribution in [0.15, 0.2) is 18.3 Å². The van der Waals surface area contributed by atoms with Crippen LogP contribution >= 0.6 is 0 Å². The largest absolute Gasteiger partial charge is 0.469 e. The fraction of sp³-hybridized carbons (Fsp3) is 0.667. The van der Waals surface area contributed by atoms with E-state index in [1.54, 1.807) is 0 Å². The van der Waals surface area contributed by atoms with E-state index in [1.165, 1.54) is 44.5 Å². The third kappa shape index (κ3) is 3.67. The summed E-state index contributed by atoms with van der Waals surface area (Å²) in [5.41, 5.74) is 1.30. The first-order chi connectivity index (χ1) is 9.40. The molecule has 0 aromatic carbocycles. The molecule has 3 heterocycles. The maximum Gasteiger partial charge on any atom is 0.213 e. The minimum Gasteiger partial charge on any atom is -0.469 e. The van der Waals surface area contributed by atoms with Crippen LogP contribution in [0.25, 0.3) is 0 Å². The summed E-state index contributed by atoms with van der Waals surface area (Å²) in [7, 11) is 0. The van der Waals surface area contributed by atoms with Crippen LogP contribution in [0.3, 0.4) is 0 Å². The first-order valence-corrected chi connectivity index (χ1v) is 7.32. The molecule has 0 spiro atoms. The highest BCUT2D eigenvalue weighted by molar-refractivity contribution is 5.18. The van der Waals surface area contributed by atoms with Gasteiger partial charge in [-0.3, -0.25) is 0 Å². The lowest BCUT2D eigenvalue weighted by Crippen LogP contribution is -2.38. The van der Waals surface area contributed by atoms with Crippen molar-refractivity contribution in [2.45, 2.75) is 31.8 Å². The number of hydrogen-bond donors (Lipinski definition) is 0. The monoisotopic (exact) mass is 262 g/mol. The number of hydrogen-bond acceptors (Lipinski definition) is 4. The predicted molar refractivity (Wildman–Crippen MR) is 73.5 cm³/mol. The zero-order valence-electron chi connectivity index (χ0n) is 11.4. The van der Waals surface area contributed by atoms with Gasteiger partial charge in [0.05, 0.1) is 13.2 Å². The molecule has 0 saturated carbocycles. The molecule has 104 valence electrons. The Bertz CT molecular complexity index is 384. The molecule has 3 rings (SSSR count). The van der Waals surface area contributed by atoms with Crippen molar-refractivity contribution in [3.05, 3.63) is 23.9 Å². The number of rotatable bonds is 6. The summed E-state index contributed by atoms with van der Waals surface area (Å²) in [6.07, 6.45) is 7.22. The second-order valence-corrected chi connectivity index (χ2v) is 5.43. The summed E-state index contributed by atoms with van der Waals surface area (Å²) in [6, 6.07) is 4.11. The topological polar surface area (TPSA) is 34.6 Å². The van der Waals surface area contributed by atoms with E-state index in [2.05, 4.69) is 16.0 Å². The first-order valence-electron chi connectivity index (χ1n) is 7.32. The number of aryl methyl sites for hydroxylation is 1. The van der Waals surface area contributed by atoms with Crippen molar-refractivity contribution in [3.63, 3.8) is 0 Å². The van der Waals surface area contributed by atoms with Gasteiger partial charge < -0.3 is 14.4 Å². The molecule has 2 aliphatic rings. The summed E-state index contributed by atoms with van der Waals surface area (Å²) in [6.45, 7) is 5.18. The smallest absolute Gasteiger partial charge is 0.213 e. The number of aromatic nitrogens is 1. The maximum atomic E-state index is 5.65. The second-order valence-electron chi connectivity index (χ2n) is 5.43. The van der Waals surface area contributed by atoms with E-state index in [4.69, 9.17) is 9.47 Å². The second kappa shape index (κ2) is 6.35. The summed E-state index contributed by atoms with van der Waals surface area (Å²) >= 11 is 0. The van der Waals surface area contributed by atoms with E-state index in [9.17, 15) is 0 Å². The molecule has 2 saturated heterocycles. The van der Waals surface area contributed by atoms with Gasteiger partial charge in [0.25, 0.3) is 0 Å². The predicted octanol–water partition coefficient (Wildman–Crippen LogP) is 1.89. The molecular weight excluding hydrogens is 240 g/mol. The van der Waals surface area contributed by atoms with Gasteiger partial charge in [-0.05, 0) is 50.9 Å². The minimum atomic E-state index is 0.202. The Kier molecular flexibility index (Phi) is 4.30. The van der Waals surface area contributed by atoms with Crippen molar-refractivity contribution in [2.24, 2.45) is 0 Å². The first kappa shape index (κ1) is 12.9. The Morgan fingerprint density at radius 3 is 2.74 bits per heavy atom. The number of ether oxygens (including phenoxy) is 2. The Balaban J connectivity index is 1.40. The van der Waals surface area contributed by atoms with Crippen LogP contribution in [0, 0.1) is 0 Å². The fourth-order valence-electron chi connectivity index (χ4n) is 2.59. The van der Waals surface area contributed by atoms with Gasteiger partial charge in [-0.2, -0.15) is 0 Å². The van der Waals surface area contributed by atoms with Crippen LogP contribution in [0.4, 0.5) is 0 Å². The van der Waals surface area contributed by atoms with Crippen LogP contribution < -0.4 is 4.74 Å². The van der Waals surface area contributed by atoms with Crippen LogP contribution in [0.2, 0.25) is 0 Å². The summed E-state index contributed by atoms with van der Waals surface area (Å²) in [5, 5.41) is 0. The molecule has 19 heavy (non-hydrogen) atoms. The van der Waals surface area contributed by atoms with Gasteiger partial charge in [0.2, 0.25) is 5.88 Å². The van der Waals surface area contributed by atoms with E-state index in [0.717, 1.165) is 12.3 Å². The molecule has 4 heteroatoms. The highest BCUT2D eigenvalue weighted by Crippen LogP contribution is 2.15. The van der Waals surface area contributed by atoms with Gasteiger partial charge in [0.1, 0.15) is 6.10 Å². The van der Waals surface area contributed by atoms with Gasteiger partial charge in [0, 0.05) is 12.3 Å². The molecule has 0 radical (unpaired) electrons. The molecule has 2 aliphatic heterocycles. The zero-order valence-corrected chi connectivity index (χ0v) is 11.4. The van der Waals surface area contributed by atoms with Crippen molar-refractivity contribution in [3.8, 4) is 5.88 Å². The molecule has 0 amide bonds. The van der Waals surface area contributed by atoms with Crippen molar-refractivity contribution >= 4 is 0 Å². The standard InChI is InChI=1S/C15H22N2O2/c1-2-8-17(7-1)9-3-4-13-5-6-15(16-10-13)19-14-11-18-12-14/h5-6,10,14H,1-4,7-9,11-12H2. The zero-order chi connectivity index (χ0) is 12.9. The lowest BCUT2D eigenvalue weighted by atomic mass is 10.1.